The highest BCUT2D eigenvalue weighted by molar-refractivity contribution is 6.34. The average Bonchev–Trinajstić information content (AvgIpc) is 2.67. The number of hydrogen-bond acceptors (Lipinski definition) is 3. The fourth-order valence-electron chi connectivity index (χ4n) is 3.15. The minimum Gasteiger partial charge on any atom is -0.292 e. The van der Waals surface area contributed by atoms with Crippen molar-refractivity contribution in [3.05, 3.63) is 82.0 Å². The molecule has 0 saturated heterocycles. The van der Waals surface area contributed by atoms with Gasteiger partial charge >= 0.3 is 12.2 Å². The lowest BCUT2D eigenvalue weighted by Gasteiger charge is -2.14. The topological polar surface area (TPSA) is 71.1 Å². The molecule has 0 aliphatic rings. The van der Waals surface area contributed by atoms with Crippen LogP contribution < -0.4 is 10.6 Å². The third-order valence-corrected chi connectivity index (χ3v) is 4.79. The predicted octanol–water partition coefficient (Wildman–Crippen LogP) is 6.00. The van der Waals surface area contributed by atoms with Gasteiger partial charge in [-0.05, 0) is 55.3 Å². The highest BCUT2D eigenvalue weighted by Gasteiger charge is 2.30. The minimum absolute atomic E-state index is 0.138. The van der Waals surface area contributed by atoms with Crippen LogP contribution in [0.5, 0.6) is 0 Å². The van der Waals surface area contributed by atoms with Crippen LogP contribution in [-0.4, -0.2) is 16.9 Å². The van der Waals surface area contributed by atoms with Gasteiger partial charge in [0.05, 0.1) is 16.1 Å². The van der Waals surface area contributed by atoms with Crippen LogP contribution in [0.15, 0.2) is 54.6 Å². The third kappa shape index (κ3) is 5.21. The second-order valence-electron chi connectivity index (χ2n) is 6.75. The molecule has 5 nitrogen and oxygen atoms in total. The fraction of sp³-hybridized carbons (Fsp3) is 0.136. The zero-order valence-corrected chi connectivity index (χ0v) is 17.2. The summed E-state index contributed by atoms with van der Waals surface area (Å²) in [4.78, 5) is 28.6. The van der Waals surface area contributed by atoms with Crippen LogP contribution in [0, 0.1) is 13.8 Å². The Balaban J connectivity index is 1.80. The lowest BCUT2D eigenvalue weighted by molar-refractivity contribution is -0.137. The summed E-state index contributed by atoms with van der Waals surface area (Å²) in [6.45, 7) is 3.32. The summed E-state index contributed by atoms with van der Waals surface area (Å²) < 4.78 is 39.1. The number of carbonyl (C=O) groups excluding carboxylic acids is 2. The molecule has 2 aromatic carbocycles. The number of aryl methyl sites for hydroxylation is 2. The average molecular weight is 448 g/mol. The lowest BCUT2D eigenvalue weighted by atomic mass is 9.97. The van der Waals surface area contributed by atoms with Crippen molar-refractivity contribution < 1.29 is 22.8 Å². The van der Waals surface area contributed by atoms with Crippen molar-refractivity contribution in [2.75, 3.05) is 5.32 Å². The van der Waals surface area contributed by atoms with Gasteiger partial charge in [-0.25, -0.2) is 9.78 Å². The Labute approximate surface area is 181 Å². The standard InChI is InChI=1S/C22H17ClF3N3O2/c1-12-10-18(28-21(31)29-20(30)16-8-3-4-9-17(16)23)27-13(2)19(12)14-6-5-7-15(11-14)22(24,25)26/h3-11H,1-2H3,(H2,27,28,29,30,31). The zero-order valence-electron chi connectivity index (χ0n) is 16.5. The Morgan fingerprint density at radius 1 is 1.00 bits per heavy atom. The highest BCUT2D eigenvalue weighted by Crippen LogP contribution is 2.34. The summed E-state index contributed by atoms with van der Waals surface area (Å²) in [6, 6.07) is 11.9. The van der Waals surface area contributed by atoms with Crippen molar-refractivity contribution >= 4 is 29.4 Å². The molecule has 0 atom stereocenters. The van der Waals surface area contributed by atoms with E-state index in [2.05, 4.69) is 15.6 Å². The molecule has 0 radical (unpaired) electrons. The molecule has 3 rings (SSSR count). The fourth-order valence-corrected chi connectivity index (χ4v) is 3.37. The maximum Gasteiger partial charge on any atom is 0.416 e. The van der Waals surface area contributed by atoms with Gasteiger partial charge in [-0.3, -0.25) is 15.4 Å². The highest BCUT2D eigenvalue weighted by atomic mass is 35.5. The van der Waals surface area contributed by atoms with Gasteiger partial charge in [0.2, 0.25) is 0 Å². The van der Waals surface area contributed by atoms with Gasteiger partial charge in [0.15, 0.2) is 0 Å². The molecule has 9 heteroatoms. The minimum atomic E-state index is -4.46. The quantitative estimate of drug-likeness (QED) is 0.517. The first-order valence-electron chi connectivity index (χ1n) is 9.09. The molecule has 160 valence electrons. The van der Waals surface area contributed by atoms with Gasteiger partial charge in [-0.15, -0.1) is 0 Å². The number of pyridine rings is 1. The number of halogens is 4. The summed E-state index contributed by atoms with van der Waals surface area (Å²) >= 11 is 5.94. The van der Waals surface area contributed by atoms with Crippen LogP contribution in [0.3, 0.4) is 0 Å². The second-order valence-corrected chi connectivity index (χ2v) is 7.16. The second kappa shape index (κ2) is 8.77. The predicted molar refractivity (Wildman–Crippen MR) is 112 cm³/mol. The first-order valence-corrected chi connectivity index (χ1v) is 9.47. The molecule has 0 bridgehead atoms. The van der Waals surface area contributed by atoms with E-state index < -0.39 is 23.7 Å². The van der Waals surface area contributed by atoms with Crippen LogP contribution >= 0.6 is 11.6 Å². The zero-order chi connectivity index (χ0) is 22.8. The largest absolute Gasteiger partial charge is 0.416 e. The van der Waals surface area contributed by atoms with Crippen LogP contribution in [0.4, 0.5) is 23.8 Å². The number of urea groups is 1. The molecule has 1 aromatic heterocycles. The van der Waals surface area contributed by atoms with Crippen LogP contribution in [0.25, 0.3) is 11.1 Å². The molecule has 0 aliphatic carbocycles. The summed E-state index contributed by atoms with van der Waals surface area (Å²) in [5.74, 6) is -0.535. The van der Waals surface area contributed by atoms with Gasteiger partial charge < -0.3 is 0 Å². The number of hydrogen-bond donors (Lipinski definition) is 2. The number of anilines is 1. The van der Waals surface area contributed by atoms with E-state index >= 15 is 0 Å². The molecule has 0 aliphatic heterocycles. The number of amides is 3. The summed E-state index contributed by atoms with van der Waals surface area (Å²) in [6.07, 6.45) is -4.46. The molecular formula is C22H17ClF3N3O2. The molecule has 1 heterocycles. The van der Waals surface area contributed by atoms with E-state index in [0.29, 0.717) is 22.4 Å². The van der Waals surface area contributed by atoms with E-state index in [-0.39, 0.29) is 16.4 Å². The van der Waals surface area contributed by atoms with Crippen LogP contribution in [0.1, 0.15) is 27.2 Å². The smallest absolute Gasteiger partial charge is 0.292 e. The number of rotatable bonds is 3. The molecule has 3 aromatic rings. The molecular weight excluding hydrogens is 431 g/mol. The van der Waals surface area contributed by atoms with Crippen molar-refractivity contribution in [1.82, 2.24) is 10.3 Å². The molecule has 31 heavy (non-hydrogen) atoms. The molecule has 0 fully saturated rings. The van der Waals surface area contributed by atoms with Crippen molar-refractivity contribution in [3.8, 4) is 11.1 Å². The molecule has 0 spiro atoms. The summed E-state index contributed by atoms with van der Waals surface area (Å²) in [5, 5.41) is 4.81. The van der Waals surface area contributed by atoms with Gasteiger partial charge in [-0.2, -0.15) is 13.2 Å². The first-order chi connectivity index (χ1) is 14.6. The Kier molecular flexibility index (Phi) is 6.31. The number of benzene rings is 2. The number of nitrogens with zero attached hydrogens (tertiary/aromatic N) is 1. The number of carbonyl (C=O) groups is 2. The Bertz CT molecular complexity index is 1140. The van der Waals surface area contributed by atoms with E-state index in [0.717, 1.165) is 12.1 Å². The Morgan fingerprint density at radius 2 is 1.71 bits per heavy atom. The lowest BCUT2D eigenvalue weighted by Crippen LogP contribution is -2.34. The number of nitrogens with one attached hydrogen (secondary N) is 2. The van der Waals surface area contributed by atoms with E-state index in [1.165, 1.54) is 24.3 Å². The third-order valence-electron chi connectivity index (χ3n) is 4.46. The van der Waals surface area contributed by atoms with Gasteiger partial charge in [0.25, 0.3) is 5.91 Å². The monoisotopic (exact) mass is 447 g/mol. The molecule has 3 amide bonds. The van der Waals surface area contributed by atoms with E-state index in [1.54, 1.807) is 32.0 Å². The maximum absolute atomic E-state index is 13.0. The van der Waals surface area contributed by atoms with E-state index in [1.807, 2.05) is 0 Å². The van der Waals surface area contributed by atoms with Crippen molar-refractivity contribution in [1.29, 1.82) is 0 Å². The van der Waals surface area contributed by atoms with E-state index in [9.17, 15) is 22.8 Å². The molecule has 2 N–H and O–H groups in total. The number of imide groups is 1. The summed E-state index contributed by atoms with van der Waals surface area (Å²) in [7, 11) is 0. The molecule has 0 saturated carbocycles. The summed E-state index contributed by atoms with van der Waals surface area (Å²) in [5.41, 5.74) is 1.31. The van der Waals surface area contributed by atoms with Crippen molar-refractivity contribution in [2.45, 2.75) is 20.0 Å². The Morgan fingerprint density at radius 3 is 2.35 bits per heavy atom. The van der Waals surface area contributed by atoms with E-state index in [4.69, 9.17) is 11.6 Å². The number of aromatic nitrogens is 1. The van der Waals surface area contributed by atoms with Crippen molar-refractivity contribution in [2.24, 2.45) is 0 Å². The van der Waals surface area contributed by atoms with Crippen molar-refractivity contribution in [3.63, 3.8) is 0 Å². The normalized spacial score (nSPS) is 11.2. The first kappa shape index (κ1) is 22.3. The van der Waals surface area contributed by atoms with Crippen LogP contribution in [-0.2, 0) is 6.18 Å². The van der Waals surface area contributed by atoms with Gasteiger partial charge in [0.1, 0.15) is 5.82 Å². The Hall–Kier alpha value is -3.39. The number of alkyl halides is 3. The van der Waals surface area contributed by atoms with Crippen LogP contribution in [0.2, 0.25) is 5.02 Å². The maximum atomic E-state index is 13.0. The molecule has 0 unspecified atom stereocenters. The van der Waals surface area contributed by atoms with Gasteiger partial charge in [-0.1, -0.05) is 35.9 Å². The SMILES string of the molecule is Cc1cc(NC(=O)NC(=O)c2ccccc2Cl)nc(C)c1-c1cccc(C(F)(F)F)c1. The van der Waals surface area contributed by atoms with Gasteiger partial charge in [0, 0.05) is 11.3 Å².